The van der Waals surface area contributed by atoms with E-state index in [0.29, 0.717) is 29.2 Å². The number of aryl methyl sites for hydroxylation is 1. The summed E-state index contributed by atoms with van der Waals surface area (Å²) in [6, 6.07) is 21.8. The van der Waals surface area contributed by atoms with Crippen LogP contribution in [0.1, 0.15) is 28.3 Å². The van der Waals surface area contributed by atoms with Crippen LogP contribution in [-0.4, -0.2) is 18.9 Å². The molecule has 0 saturated carbocycles. The molecule has 7 nitrogen and oxygen atoms in total. The Bertz CT molecular complexity index is 1210. The highest BCUT2D eigenvalue weighted by atomic mass is 16.5. The quantitative estimate of drug-likeness (QED) is 0.377. The molecule has 0 aliphatic rings. The minimum atomic E-state index is -0.294. The van der Waals surface area contributed by atoms with Gasteiger partial charge in [-0.15, -0.1) is 0 Å². The summed E-state index contributed by atoms with van der Waals surface area (Å²) in [5, 5.41) is 5.62. The lowest BCUT2D eigenvalue weighted by Gasteiger charge is -2.11. The summed E-state index contributed by atoms with van der Waals surface area (Å²) < 4.78 is 16.3. The number of ether oxygens (including phenoxy) is 1. The number of hydrogen-bond donors (Lipinski definition) is 2. The monoisotopic (exact) mass is 444 g/mol. The second kappa shape index (κ2) is 10.4. The number of methoxy groups -OCH3 is 1. The van der Waals surface area contributed by atoms with E-state index in [1.807, 2.05) is 36.4 Å². The van der Waals surface area contributed by atoms with Gasteiger partial charge in [0.25, 0.3) is 5.91 Å². The highest BCUT2D eigenvalue weighted by molar-refractivity contribution is 6.03. The molecule has 2 aromatic heterocycles. The smallest absolute Gasteiger partial charge is 0.253 e. The molecule has 0 saturated heterocycles. The van der Waals surface area contributed by atoms with E-state index >= 15 is 0 Å². The first kappa shape index (κ1) is 22.0. The molecule has 2 aromatic carbocycles. The summed E-state index contributed by atoms with van der Waals surface area (Å²) in [4.78, 5) is 25.1. The number of rotatable bonds is 9. The fraction of sp³-hybridized carbons (Fsp3) is 0.154. The van der Waals surface area contributed by atoms with Crippen molar-refractivity contribution in [3.8, 4) is 17.1 Å². The van der Waals surface area contributed by atoms with Crippen LogP contribution in [0.4, 0.5) is 5.69 Å². The fourth-order valence-corrected chi connectivity index (χ4v) is 3.34. The average Bonchev–Trinajstić information content (AvgIpc) is 3.54. The van der Waals surface area contributed by atoms with Gasteiger partial charge in [0.1, 0.15) is 23.0 Å². The largest absolute Gasteiger partial charge is 0.497 e. The molecule has 33 heavy (non-hydrogen) atoms. The number of carbonyl (C=O) groups is 2. The zero-order valence-corrected chi connectivity index (χ0v) is 18.2. The van der Waals surface area contributed by atoms with Crippen LogP contribution in [0.5, 0.6) is 5.75 Å². The Kier molecular flexibility index (Phi) is 6.90. The second-order valence-corrected chi connectivity index (χ2v) is 7.35. The Hall–Kier alpha value is -4.26. The van der Waals surface area contributed by atoms with E-state index in [1.54, 1.807) is 49.8 Å². The van der Waals surface area contributed by atoms with Crippen molar-refractivity contribution in [2.75, 3.05) is 12.4 Å². The number of amides is 2. The molecular weight excluding hydrogens is 420 g/mol. The highest BCUT2D eigenvalue weighted by Gasteiger charge is 2.14. The maximum atomic E-state index is 12.6. The zero-order valence-electron chi connectivity index (χ0n) is 18.2. The molecule has 2 heterocycles. The van der Waals surface area contributed by atoms with Crippen molar-refractivity contribution < 1.29 is 23.2 Å². The summed E-state index contributed by atoms with van der Waals surface area (Å²) in [5.74, 6) is 2.36. The van der Waals surface area contributed by atoms with Crippen LogP contribution in [0.2, 0.25) is 0 Å². The van der Waals surface area contributed by atoms with Crippen LogP contribution < -0.4 is 15.4 Å². The van der Waals surface area contributed by atoms with Gasteiger partial charge >= 0.3 is 0 Å². The molecule has 168 valence electrons. The van der Waals surface area contributed by atoms with Crippen molar-refractivity contribution in [3.63, 3.8) is 0 Å². The molecule has 0 atom stereocenters. The summed E-state index contributed by atoms with van der Waals surface area (Å²) in [7, 11) is 1.62. The lowest BCUT2D eigenvalue weighted by molar-refractivity contribution is -0.116. The molecule has 2 N–H and O–H groups in total. The normalized spacial score (nSPS) is 10.6. The van der Waals surface area contributed by atoms with Crippen molar-refractivity contribution in [1.82, 2.24) is 5.32 Å². The Labute approximate surface area is 191 Å². The molecule has 4 aromatic rings. The van der Waals surface area contributed by atoms with Crippen LogP contribution in [0.15, 0.2) is 87.9 Å². The van der Waals surface area contributed by atoms with Crippen LogP contribution in [0.25, 0.3) is 11.3 Å². The van der Waals surface area contributed by atoms with E-state index in [1.165, 1.54) is 0 Å². The van der Waals surface area contributed by atoms with E-state index < -0.39 is 0 Å². The molecule has 0 aliphatic heterocycles. The third-order valence-electron chi connectivity index (χ3n) is 5.08. The van der Waals surface area contributed by atoms with Gasteiger partial charge in [0.15, 0.2) is 0 Å². The highest BCUT2D eigenvalue weighted by Crippen LogP contribution is 2.25. The lowest BCUT2D eigenvalue weighted by atomic mass is 10.1. The van der Waals surface area contributed by atoms with Gasteiger partial charge in [0.2, 0.25) is 5.91 Å². The van der Waals surface area contributed by atoms with Crippen LogP contribution in [0, 0.1) is 0 Å². The number of carbonyl (C=O) groups excluding carboxylic acids is 2. The van der Waals surface area contributed by atoms with E-state index in [9.17, 15) is 9.59 Å². The van der Waals surface area contributed by atoms with E-state index in [-0.39, 0.29) is 24.8 Å². The van der Waals surface area contributed by atoms with Crippen molar-refractivity contribution in [1.29, 1.82) is 0 Å². The first-order valence-electron chi connectivity index (χ1n) is 10.5. The molecule has 4 rings (SSSR count). The van der Waals surface area contributed by atoms with Crippen LogP contribution in [-0.2, 0) is 17.8 Å². The van der Waals surface area contributed by atoms with Gasteiger partial charge in [-0.05, 0) is 60.7 Å². The maximum Gasteiger partial charge on any atom is 0.253 e. The van der Waals surface area contributed by atoms with E-state index in [2.05, 4.69) is 10.6 Å². The summed E-state index contributed by atoms with van der Waals surface area (Å²) in [6.45, 7) is 0.267. The van der Waals surface area contributed by atoms with E-state index in [0.717, 1.165) is 17.1 Å². The Morgan fingerprint density at radius 1 is 0.909 bits per heavy atom. The van der Waals surface area contributed by atoms with Gasteiger partial charge in [-0.25, -0.2) is 0 Å². The predicted octanol–water partition coefficient (Wildman–Crippen LogP) is 5.05. The van der Waals surface area contributed by atoms with Gasteiger partial charge in [-0.3, -0.25) is 9.59 Å². The minimum Gasteiger partial charge on any atom is -0.497 e. The molecular formula is C26H24N2O5. The van der Waals surface area contributed by atoms with Gasteiger partial charge in [-0.2, -0.15) is 0 Å². The number of para-hydroxylation sites is 1. The SMILES string of the molecule is COc1ccc(-c2ccc(CCC(=O)Nc3ccccc3C(=O)NCc3ccco3)o2)cc1. The molecule has 0 spiro atoms. The molecule has 2 amide bonds. The first-order chi connectivity index (χ1) is 16.1. The van der Waals surface area contributed by atoms with Crippen LogP contribution in [0.3, 0.4) is 0 Å². The molecule has 0 fully saturated rings. The molecule has 0 unspecified atom stereocenters. The number of furan rings is 2. The number of benzene rings is 2. The standard InChI is InChI=1S/C26H24N2O5/c1-31-19-10-8-18(9-11-19)24-14-12-20(33-24)13-15-25(29)28-23-7-3-2-6-22(23)26(30)27-17-21-5-4-16-32-21/h2-12,14,16H,13,15,17H2,1H3,(H,27,30)(H,28,29). The third kappa shape index (κ3) is 5.71. The van der Waals surface area contributed by atoms with Gasteiger partial charge < -0.3 is 24.2 Å². The molecule has 0 radical (unpaired) electrons. The van der Waals surface area contributed by atoms with Crippen molar-refractivity contribution >= 4 is 17.5 Å². The summed E-state index contributed by atoms with van der Waals surface area (Å²) >= 11 is 0. The van der Waals surface area contributed by atoms with E-state index in [4.69, 9.17) is 13.6 Å². The van der Waals surface area contributed by atoms with Crippen LogP contribution >= 0.6 is 0 Å². The Balaban J connectivity index is 1.33. The van der Waals surface area contributed by atoms with Crippen molar-refractivity contribution in [2.45, 2.75) is 19.4 Å². The first-order valence-corrected chi connectivity index (χ1v) is 10.5. The predicted molar refractivity (Wildman–Crippen MR) is 124 cm³/mol. The fourth-order valence-electron chi connectivity index (χ4n) is 3.34. The lowest BCUT2D eigenvalue weighted by Crippen LogP contribution is -2.24. The van der Waals surface area contributed by atoms with Gasteiger partial charge in [0.05, 0.1) is 31.2 Å². The topological polar surface area (TPSA) is 93.7 Å². The van der Waals surface area contributed by atoms with Crippen molar-refractivity contribution in [2.24, 2.45) is 0 Å². The molecule has 7 heteroatoms. The van der Waals surface area contributed by atoms with Crippen molar-refractivity contribution in [3.05, 3.63) is 96.1 Å². The molecule has 0 bridgehead atoms. The second-order valence-electron chi connectivity index (χ2n) is 7.35. The number of hydrogen-bond acceptors (Lipinski definition) is 5. The summed E-state index contributed by atoms with van der Waals surface area (Å²) in [5.41, 5.74) is 1.77. The van der Waals surface area contributed by atoms with Gasteiger partial charge in [-0.1, -0.05) is 12.1 Å². The number of anilines is 1. The Morgan fingerprint density at radius 2 is 1.73 bits per heavy atom. The van der Waals surface area contributed by atoms with Gasteiger partial charge in [0, 0.05) is 18.4 Å². The minimum absolute atomic E-state index is 0.205. The third-order valence-corrected chi connectivity index (χ3v) is 5.08. The maximum absolute atomic E-state index is 12.6. The summed E-state index contributed by atoms with van der Waals surface area (Å²) in [6.07, 6.45) is 2.21. The number of nitrogens with one attached hydrogen (secondary N) is 2. The Morgan fingerprint density at radius 3 is 2.48 bits per heavy atom. The average molecular weight is 444 g/mol. The molecule has 0 aliphatic carbocycles. The zero-order chi connectivity index (χ0) is 23.0.